The second kappa shape index (κ2) is 9.88. The van der Waals surface area contributed by atoms with E-state index in [0.717, 1.165) is 33.7 Å². The Balaban J connectivity index is 1.74. The first-order chi connectivity index (χ1) is 15.5. The van der Waals surface area contributed by atoms with Crippen molar-refractivity contribution in [2.45, 2.75) is 31.7 Å². The molecular formula is C27H26N2O2S. The van der Waals surface area contributed by atoms with Crippen LogP contribution in [0, 0.1) is 6.92 Å². The molecule has 0 aliphatic carbocycles. The summed E-state index contributed by atoms with van der Waals surface area (Å²) >= 11 is 1.45. The molecule has 5 heteroatoms. The van der Waals surface area contributed by atoms with Gasteiger partial charge in [0.05, 0.1) is 17.1 Å². The molecule has 0 unspecified atom stereocenters. The van der Waals surface area contributed by atoms with Gasteiger partial charge in [0.25, 0.3) is 11.8 Å². The van der Waals surface area contributed by atoms with Crippen molar-refractivity contribution < 1.29 is 9.59 Å². The van der Waals surface area contributed by atoms with Crippen LogP contribution >= 0.6 is 11.8 Å². The van der Waals surface area contributed by atoms with E-state index in [9.17, 15) is 9.59 Å². The SMILES string of the molecule is CCCNC(=O)c1ccc2c(c1)N(Cc1cccc(C)c1)C(=O)/C(=C/c1ccccc1)S2. The summed E-state index contributed by atoms with van der Waals surface area (Å²) in [6.07, 6.45) is 2.80. The number of thioether (sulfide) groups is 1. The molecule has 0 fully saturated rings. The van der Waals surface area contributed by atoms with Gasteiger partial charge in [-0.1, -0.05) is 78.8 Å². The maximum atomic E-state index is 13.6. The highest BCUT2D eigenvalue weighted by molar-refractivity contribution is 8.04. The zero-order valence-electron chi connectivity index (χ0n) is 18.3. The summed E-state index contributed by atoms with van der Waals surface area (Å²) < 4.78 is 0. The highest BCUT2D eigenvalue weighted by Gasteiger charge is 2.30. The second-order valence-electron chi connectivity index (χ2n) is 7.84. The number of carbonyl (C=O) groups excluding carboxylic acids is 2. The van der Waals surface area contributed by atoms with Crippen LogP contribution in [0.25, 0.3) is 6.08 Å². The van der Waals surface area contributed by atoms with Crippen molar-refractivity contribution in [2.24, 2.45) is 0 Å². The van der Waals surface area contributed by atoms with Crippen LogP contribution in [0.5, 0.6) is 0 Å². The van der Waals surface area contributed by atoms with Gasteiger partial charge in [0.1, 0.15) is 0 Å². The van der Waals surface area contributed by atoms with E-state index in [1.807, 2.05) is 86.7 Å². The third-order valence-corrected chi connectivity index (χ3v) is 6.32. The van der Waals surface area contributed by atoms with Crippen molar-refractivity contribution in [2.75, 3.05) is 11.4 Å². The summed E-state index contributed by atoms with van der Waals surface area (Å²) in [7, 11) is 0. The summed E-state index contributed by atoms with van der Waals surface area (Å²) in [4.78, 5) is 29.5. The topological polar surface area (TPSA) is 49.4 Å². The lowest BCUT2D eigenvalue weighted by Crippen LogP contribution is -2.34. The quantitative estimate of drug-likeness (QED) is 0.490. The Morgan fingerprint density at radius 1 is 1.03 bits per heavy atom. The van der Waals surface area contributed by atoms with Crippen LogP contribution in [0.4, 0.5) is 5.69 Å². The predicted octanol–water partition coefficient (Wildman–Crippen LogP) is 5.81. The van der Waals surface area contributed by atoms with E-state index < -0.39 is 0 Å². The number of fused-ring (bicyclic) bond motifs is 1. The third-order valence-electron chi connectivity index (χ3n) is 5.24. The Morgan fingerprint density at radius 2 is 1.84 bits per heavy atom. The van der Waals surface area contributed by atoms with Gasteiger partial charge in [-0.25, -0.2) is 0 Å². The molecule has 32 heavy (non-hydrogen) atoms. The Morgan fingerprint density at radius 3 is 2.59 bits per heavy atom. The molecule has 4 rings (SSSR count). The van der Waals surface area contributed by atoms with Crippen LogP contribution in [0.2, 0.25) is 0 Å². The molecular weight excluding hydrogens is 416 g/mol. The van der Waals surface area contributed by atoms with Crippen molar-refractivity contribution in [1.29, 1.82) is 0 Å². The van der Waals surface area contributed by atoms with E-state index in [0.29, 0.717) is 23.6 Å². The molecule has 4 nitrogen and oxygen atoms in total. The molecule has 0 spiro atoms. The summed E-state index contributed by atoms with van der Waals surface area (Å²) in [6.45, 7) is 5.13. The van der Waals surface area contributed by atoms with Crippen molar-refractivity contribution in [3.63, 3.8) is 0 Å². The average molecular weight is 443 g/mol. The van der Waals surface area contributed by atoms with Gasteiger partial charge in [-0.3, -0.25) is 9.59 Å². The Kier molecular flexibility index (Phi) is 6.76. The third kappa shape index (κ3) is 4.94. The maximum Gasteiger partial charge on any atom is 0.265 e. The number of anilines is 1. The van der Waals surface area contributed by atoms with Gasteiger partial charge in [-0.2, -0.15) is 0 Å². The van der Waals surface area contributed by atoms with E-state index >= 15 is 0 Å². The molecule has 0 aromatic heterocycles. The average Bonchev–Trinajstić information content (AvgIpc) is 2.80. The zero-order chi connectivity index (χ0) is 22.5. The zero-order valence-corrected chi connectivity index (χ0v) is 19.1. The highest BCUT2D eigenvalue weighted by atomic mass is 32.2. The van der Waals surface area contributed by atoms with E-state index in [1.54, 1.807) is 4.90 Å². The van der Waals surface area contributed by atoms with E-state index in [4.69, 9.17) is 0 Å². The minimum absolute atomic E-state index is 0.0565. The van der Waals surface area contributed by atoms with Gasteiger partial charge >= 0.3 is 0 Å². The van der Waals surface area contributed by atoms with Gasteiger partial charge in [0, 0.05) is 17.0 Å². The minimum Gasteiger partial charge on any atom is -0.352 e. The number of hydrogen-bond donors (Lipinski definition) is 1. The van der Waals surface area contributed by atoms with E-state index in [2.05, 4.69) is 11.4 Å². The number of nitrogens with zero attached hydrogens (tertiary/aromatic N) is 1. The second-order valence-corrected chi connectivity index (χ2v) is 8.92. The van der Waals surface area contributed by atoms with Crippen LogP contribution in [0.1, 0.15) is 40.4 Å². The summed E-state index contributed by atoms with van der Waals surface area (Å²) in [5, 5.41) is 2.92. The van der Waals surface area contributed by atoms with Crippen molar-refractivity contribution >= 4 is 35.3 Å². The molecule has 0 bridgehead atoms. The van der Waals surface area contributed by atoms with E-state index in [1.165, 1.54) is 11.8 Å². The van der Waals surface area contributed by atoms with Gasteiger partial charge in [-0.15, -0.1) is 0 Å². The number of aryl methyl sites for hydroxylation is 1. The van der Waals surface area contributed by atoms with Gasteiger partial charge in [0.15, 0.2) is 0 Å². The first-order valence-electron chi connectivity index (χ1n) is 10.8. The minimum atomic E-state index is -0.117. The first-order valence-corrected chi connectivity index (χ1v) is 11.6. The van der Waals surface area contributed by atoms with Crippen LogP contribution in [-0.4, -0.2) is 18.4 Å². The van der Waals surface area contributed by atoms with Gasteiger partial charge < -0.3 is 10.2 Å². The number of rotatable bonds is 6. The van der Waals surface area contributed by atoms with Crippen molar-refractivity contribution in [3.05, 3.63) is 100.0 Å². The molecule has 3 aromatic rings. The largest absolute Gasteiger partial charge is 0.352 e. The lowest BCUT2D eigenvalue weighted by molar-refractivity contribution is -0.114. The van der Waals surface area contributed by atoms with Gasteiger partial charge in [0.2, 0.25) is 0 Å². The first kappa shape index (κ1) is 21.9. The molecule has 2 amide bonds. The monoisotopic (exact) mass is 442 g/mol. The summed E-state index contributed by atoms with van der Waals surface area (Å²) in [6, 6.07) is 23.6. The lowest BCUT2D eigenvalue weighted by atomic mass is 10.1. The molecule has 0 atom stereocenters. The molecule has 1 aliphatic heterocycles. The number of benzene rings is 3. The molecule has 1 aliphatic rings. The fourth-order valence-electron chi connectivity index (χ4n) is 3.64. The maximum absolute atomic E-state index is 13.6. The molecule has 3 aromatic carbocycles. The Bertz CT molecular complexity index is 1170. The highest BCUT2D eigenvalue weighted by Crippen LogP contribution is 2.43. The normalized spacial score (nSPS) is 14.4. The van der Waals surface area contributed by atoms with Crippen LogP contribution < -0.4 is 10.2 Å². The summed E-state index contributed by atoms with van der Waals surface area (Å²) in [5.41, 5.74) is 4.52. The van der Waals surface area contributed by atoms with Crippen LogP contribution in [0.3, 0.4) is 0 Å². The van der Waals surface area contributed by atoms with Crippen molar-refractivity contribution in [1.82, 2.24) is 5.32 Å². The molecule has 0 saturated heterocycles. The standard InChI is InChI=1S/C27H26N2O2S/c1-3-14-28-26(30)22-12-13-24-23(17-22)29(18-21-11-7-8-19(2)15-21)27(31)25(32-24)16-20-9-5-4-6-10-20/h4-13,15-17H,3,14,18H2,1-2H3,(H,28,30)/b25-16-. The number of hydrogen-bond acceptors (Lipinski definition) is 3. The number of nitrogens with one attached hydrogen (secondary N) is 1. The summed E-state index contributed by atoms with van der Waals surface area (Å²) in [5.74, 6) is -0.174. The Hall–Kier alpha value is -3.31. The molecule has 0 radical (unpaired) electrons. The molecule has 1 N–H and O–H groups in total. The molecule has 162 valence electrons. The predicted molar refractivity (Wildman–Crippen MR) is 132 cm³/mol. The van der Waals surface area contributed by atoms with Crippen LogP contribution in [-0.2, 0) is 11.3 Å². The Labute approximate surface area is 193 Å². The van der Waals surface area contributed by atoms with Gasteiger partial charge in [-0.05, 0) is 48.7 Å². The smallest absolute Gasteiger partial charge is 0.265 e. The molecule has 1 heterocycles. The fourth-order valence-corrected chi connectivity index (χ4v) is 4.68. The number of carbonyl (C=O) groups is 2. The van der Waals surface area contributed by atoms with E-state index in [-0.39, 0.29) is 11.8 Å². The van der Waals surface area contributed by atoms with Crippen LogP contribution in [0.15, 0.2) is 82.6 Å². The van der Waals surface area contributed by atoms with Crippen molar-refractivity contribution in [3.8, 4) is 0 Å². The molecule has 0 saturated carbocycles. The number of amides is 2. The fraction of sp³-hybridized carbons (Fsp3) is 0.185. The lowest BCUT2D eigenvalue weighted by Gasteiger charge is -2.31.